The van der Waals surface area contributed by atoms with E-state index >= 15 is 0 Å². The lowest BCUT2D eigenvalue weighted by Crippen LogP contribution is -2.56. The van der Waals surface area contributed by atoms with Crippen molar-refractivity contribution in [3.05, 3.63) is 0 Å². The molecule has 5 nitrogen and oxygen atoms in total. The smallest absolute Gasteiger partial charge is 0.329 e. The summed E-state index contributed by atoms with van der Waals surface area (Å²) < 4.78 is 0. The number of hydrogen-bond donors (Lipinski definition) is 3. The molecule has 0 fully saturated rings. The number of carbonyl (C=O) groups is 2. The first-order valence-electron chi connectivity index (χ1n) is 5.96. The summed E-state index contributed by atoms with van der Waals surface area (Å²) in [6.07, 6.45) is 0.750. The molecule has 0 aromatic heterocycles. The lowest BCUT2D eigenvalue weighted by Gasteiger charge is -2.29. The second kappa shape index (κ2) is 6.00. The minimum atomic E-state index is -1.14. The predicted molar refractivity (Wildman–Crippen MR) is 66.8 cm³/mol. The molecule has 0 radical (unpaired) electrons. The number of hydrogen-bond acceptors (Lipinski definition) is 3. The van der Waals surface area contributed by atoms with Crippen molar-refractivity contribution in [1.29, 1.82) is 0 Å². The van der Waals surface area contributed by atoms with Gasteiger partial charge in [0, 0.05) is 5.54 Å². The van der Waals surface area contributed by atoms with Crippen LogP contribution in [0.2, 0.25) is 0 Å². The lowest BCUT2D eigenvalue weighted by molar-refractivity contribution is -0.148. The van der Waals surface area contributed by atoms with Gasteiger partial charge in [-0.1, -0.05) is 13.8 Å². The Bertz CT molecular complexity index is 278. The monoisotopic (exact) mass is 244 g/mol. The first kappa shape index (κ1) is 15.9. The van der Waals surface area contributed by atoms with Crippen LogP contribution in [0.5, 0.6) is 0 Å². The molecule has 0 aliphatic carbocycles. The zero-order chi connectivity index (χ0) is 13.7. The third-order valence-corrected chi connectivity index (χ3v) is 2.77. The molecule has 0 aromatic carbocycles. The van der Waals surface area contributed by atoms with Gasteiger partial charge in [-0.25, -0.2) is 4.79 Å². The highest BCUT2D eigenvalue weighted by Gasteiger charge is 2.36. The van der Waals surface area contributed by atoms with Gasteiger partial charge in [0.15, 0.2) is 0 Å². The van der Waals surface area contributed by atoms with Crippen LogP contribution in [0.3, 0.4) is 0 Å². The summed E-state index contributed by atoms with van der Waals surface area (Å²) in [5.41, 5.74) is -1.31. The molecule has 0 spiro atoms. The van der Waals surface area contributed by atoms with E-state index in [0.717, 1.165) is 0 Å². The maximum Gasteiger partial charge on any atom is 0.329 e. The maximum absolute atomic E-state index is 11.7. The Labute approximate surface area is 103 Å². The van der Waals surface area contributed by atoms with Crippen molar-refractivity contribution in [3.8, 4) is 0 Å². The maximum atomic E-state index is 11.7. The van der Waals surface area contributed by atoms with E-state index < -0.39 is 11.5 Å². The summed E-state index contributed by atoms with van der Waals surface area (Å²) in [6.45, 7) is 9.49. The lowest BCUT2D eigenvalue weighted by atomic mass is 9.93. The van der Waals surface area contributed by atoms with Crippen molar-refractivity contribution in [2.75, 3.05) is 6.54 Å². The number of rotatable bonds is 6. The highest BCUT2D eigenvalue weighted by molar-refractivity contribution is 5.87. The van der Waals surface area contributed by atoms with Gasteiger partial charge in [-0.2, -0.15) is 0 Å². The highest BCUT2D eigenvalue weighted by Crippen LogP contribution is 2.15. The fraction of sp³-hybridized carbons (Fsp3) is 0.833. The average molecular weight is 244 g/mol. The quantitative estimate of drug-likeness (QED) is 0.654. The second-order valence-electron chi connectivity index (χ2n) is 5.25. The van der Waals surface area contributed by atoms with Gasteiger partial charge >= 0.3 is 5.97 Å². The molecule has 100 valence electrons. The van der Waals surface area contributed by atoms with Crippen LogP contribution in [0.1, 0.15) is 47.5 Å². The van der Waals surface area contributed by atoms with Gasteiger partial charge in [-0.3, -0.25) is 4.79 Å². The molecular weight excluding hydrogens is 220 g/mol. The van der Waals surface area contributed by atoms with E-state index in [1.807, 2.05) is 20.8 Å². The van der Waals surface area contributed by atoms with Gasteiger partial charge in [0.25, 0.3) is 0 Å². The van der Waals surface area contributed by atoms with E-state index in [4.69, 9.17) is 5.11 Å². The van der Waals surface area contributed by atoms with Crippen LogP contribution in [0.15, 0.2) is 0 Å². The zero-order valence-corrected chi connectivity index (χ0v) is 11.4. The Balaban J connectivity index is 4.48. The van der Waals surface area contributed by atoms with Crippen LogP contribution in [-0.4, -0.2) is 34.6 Å². The van der Waals surface area contributed by atoms with Crippen LogP contribution in [-0.2, 0) is 9.59 Å². The minimum absolute atomic E-state index is 0.124. The molecule has 0 aliphatic rings. The van der Waals surface area contributed by atoms with Crippen LogP contribution in [0.4, 0.5) is 0 Å². The average Bonchev–Trinajstić information content (AvgIpc) is 2.22. The molecule has 0 rings (SSSR count). The summed E-state index contributed by atoms with van der Waals surface area (Å²) >= 11 is 0. The van der Waals surface area contributed by atoms with Crippen LogP contribution in [0.25, 0.3) is 0 Å². The molecule has 0 aliphatic heterocycles. The van der Waals surface area contributed by atoms with E-state index in [-0.39, 0.29) is 18.0 Å². The van der Waals surface area contributed by atoms with Crippen molar-refractivity contribution >= 4 is 11.9 Å². The number of carboxylic acids is 1. The molecule has 0 atom stereocenters. The first-order chi connectivity index (χ1) is 7.67. The summed E-state index contributed by atoms with van der Waals surface area (Å²) in [7, 11) is 0. The summed E-state index contributed by atoms with van der Waals surface area (Å²) in [4.78, 5) is 22.9. The molecule has 0 aromatic rings. The largest absolute Gasteiger partial charge is 0.480 e. The number of amides is 1. The number of aliphatic carboxylic acids is 1. The Kier molecular flexibility index (Phi) is 5.61. The molecule has 0 saturated carbocycles. The van der Waals surface area contributed by atoms with Crippen molar-refractivity contribution in [3.63, 3.8) is 0 Å². The van der Waals surface area contributed by atoms with E-state index in [1.165, 1.54) is 0 Å². The Morgan fingerprint density at radius 2 is 1.59 bits per heavy atom. The van der Waals surface area contributed by atoms with Crippen molar-refractivity contribution in [1.82, 2.24) is 10.6 Å². The van der Waals surface area contributed by atoms with Crippen LogP contribution in [0, 0.1) is 0 Å². The number of carboxylic acid groups (broad SMARTS) is 1. The van der Waals surface area contributed by atoms with Gasteiger partial charge < -0.3 is 15.7 Å². The molecular formula is C12H24N2O3. The van der Waals surface area contributed by atoms with Crippen molar-refractivity contribution < 1.29 is 14.7 Å². The summed E-state index contributed by atoms with van der Waals surface area (Å²) in [6, 6.07) is 0. The number of nitrogens with one attached hydrogen (secondary N) is 2. The Morgan fingerprint density at radius 1 is 1.12 bits per heavy atom. The molecule has 0 heterocycles. The van der Waals surface area contributed by atoms with Crippen LogP contribution < -0.4 is 10.6 Å². The van der Waals surface area contributed by atoms with Gasteiger partial charge in [0.1, 0.15) is 5.54 Å². The molecule has 0 bridgehead atoms. The SMILES string of the molecule is CCC(CC)(NC(=O)CNC(C)(C)C)C(=O)O. The van der Waals surface area contributed by atoms with Gasteiger partial charge in [0.05, 0.1) is 6.54 Å². The van der Waals surface area contributed by atoms with Gasteiger partial charge in [0.2, 0.25) is 5.91 Å². The third-order valence-electron chi connectivity index (χ3n) is 2.77. The molecule has 1 amide bonds. The summed E-state index contributed by atoms with van der Waals surface area (Å²) in [5.74, 6) is -1.27. The fourth-order valence-corrected chi connectivity index (χ4v) is 1.44. The predicted octanol–water partition coefficient (Wildman–Crippen LogP) is 1.13. The molecule has 0 unspecified atom stereocenters. The van der Waals surface area contributed by atoms with E-state index in [9.17, 15) is 9.59 Å². The van der Waals surface area contributed by atoms with E-state index in [0.29, 0.717) is 12.8 Å². The van der Waals surface area contributed by atoms with Gasteiger partial charge in [-0.05, 0) is 33.6 Å². The van der Waals surface area contributed by atoms with Crippen LogP contribution >= 0.6 is 0 Å². The minimum Gasteiger partial charge on any atom is -0.480 e. The standard InChI is InChI=1S/C12H24N2O3/c1-6-12(7-2,10(16)17)14-9(15)8-13-11(3,4)5/h13H,6-8H2,1-5H3,(H,14,15)(H,16,17). The zero-order valence-electron chi connectivity index (χ0n) is 11.4. The summed E-state index contributed by atoms with van der Waals surface area (Å²) in [5, 5.41) is 14.8. The van der Waals surface area contributed by atoms with Crippen molar-refractivity contribution in [2.45, 2.75) is 58.5 Å². The Morgan fingerprint density at radius 3 is 1.88 bits per heavy atom. The van der Waals surface area contributed by atoms with E-state index in [1.54, 1.807) is 13.8 Å². The molecule has 17 heavy (non-hydrogen) atoms. The molecule has 3 N–H and O–H groups in total. The number of carbonyl (C=O) groups excluding carboxylic acids is 1. The first-order valence-corrected chi connectivity index (χ1v) is 5.96. The second-order valence-corrected chi connectivity index (χ2v) is 5.25. The van der Waals surface area contributed by atoms with Gasteiger partial charge in [-0.15, -0.1) is 0 Å². The fourth-order valence-electron chi connectivity index (χ4n) is 1.44. The molecule has 5 heteroatoms. The Hall–Kier alpha value is -1.10. The van der Waals surface area contributed by atoms with Crippen molar-refractivity contribution in [2.24, 2.45) is 0 Å². The third kappa shape index (κ3) is 5.17. The van der Waals surface area contributed by atoms with E-state index in [2.05, 4.69) is 10.6 Å². The highest BCUT2D eigenvalue weighted by atomic mass is 16.4. The topological polar surface area (TPSA) is 78.4 Å². The normalized spacial score (nSPS) is 12.3. The molecule has 0 saturated heterocycles.